The number of rotatable bonds is 5. The fourth-order valence-electron chi connectivity index (χ4n) is 2.64. The highest BCUT2D eigenvalue weighted by atomic mass is 16.1. The molecule has 2 heterocycles. The molecule has 1 unspecified atom stereocenters. The Balaban J connectivity index is 1.78. The first-order valence-electron chi connectivity index (χ1n) is 6.98. The lowest BCUT2D eigenvalue weighted by atomic mass is 10.1. The number of amides is 1. The van der Waals surface area contributed by atoms with Gasteiger partial charge in [-0.15, -0.1) is 0 Å². The molecule has 0 aromatic carbocycles. The van der Waals surface area contributed by atoms with E-state index in [1.807, 2.05) is 7.05 Å². The van der Waals surface area contributed by atoms with Gasteiger partial charge in [0, 0.05) is 26.3 Å². The minimum absolute atomic E-state index is 0.0486. The summed E-state index contributed by atoms with van der Waals surface area (Å²) in [4.78, 5) is 14.5. The molecule has 1 saturated heterocycles. The molecule has 19 heavy (non-hydrogen) atoms. The molecule has 5 nitrogen and oxygen atoms in total. The van der Waals surface area contributed by atoms with Crippen LogP contribution in [0.25, 0.3) is 0 Å². The molecule has 1 fully saturated rings. The number of nitrogens with two attached hydrogens (primary N) is 1. The second kappa shape index (κ2) is 6.10. The van der Waals surface area contributed by atoms with Gasteiger partial charge in [0.05, 0.1) is 5.69 Å². The third kappa shape index (κ3) is 3.73. The van der Waals surface area contributed by atoms with Crippen LogP contribution in [-0.2, 0) is 7.05 Å². The number of nitrogens with one attached hydrogen (secondary N) is 1. The maximum atomic E-state index is 12.0. The highest BCUT2D eigenvalue weighted by Gasteiger charge is 2.16. The maximum Gasteiger partial charge on any atom is 0.267 e. The number of hydrogen-bond donors (Lipinski definition) is 2. The van der Waals surface area contributed by atoms with Gasteiger partial charge >= 0.3 is 0 Å². The van der Waals surface area contributed by atoms with Crippen LogP contribution in [0.15, 0.2) is 12.3 Å². The molecule has 0 aliphatic carbocycles. The minimum Gasteiger partial charge on any atom is -0.397 e. The second-order valence-corrected chi connectivity index (χ2v) is 5.59. The molecule has 0 radical (unpaired) electrons. The van der Waals surface area contributed by atoms with Crippen molar-refractivity contribution in [3.05, 3.63) is 18.0 Å². The summed E-state index contributed by atoms with van der Waals surface area (Å²) in [6, 6.07) is 1.71. The van der Waals surface area contributed by atoms with Crippen molar-refractivity contribution in [3.63, 3.8) is 0 Å². The standard InChI is InChI=1S/C14H24N4O/c1-11(9-18-5-3-4-6-18)8-16-14(19)13-7-12(15)10-17(13)2/h7,10-11H,3-6,8-9,15H2,1-2H3,(H,16,19). The van der Waals surface area contributed by atoms with Gasteiger partial charge in [0.25, 0.3) is 5.91 Å². The minimum atomic E-state index is -0.0486. The van der Waals surface area contributed by atoms with E-state index in [0.717, 1.165) is 6.54 Å². The third-order valence-electron chi connectivity index (χ3n) is 3.64. The molecule has 5 heteroatoms. The Hall–Kier alpha value is -1.49. The molecule has 1 atom stereocenters. The number of hydrogen-bond acceptors (Lipinski definition) is 3. The SMILES string of the molecule is CC(CNC(=O)c1cc(N)cn1C)CN1CCCC1. The topological polar surface area (TPSA) is 63.3 Å². The first-order chi connectivity index (χ1) is 9.06. The van der Waals surface area contributed by atoms with Crippen LogP contribution in [0.3, 0.4) is 0 Å². The van der Waals surface area contributed by atoms with E-state index in [1.165, 1.54) is 25.9 Å². The lowest BCUT2D eigenvalue weighted by molar-refractivity contribution is 0.0937. The highest BCUT2D eigenvalue weighted by Crippen LogP contribution is 2.11. The maximum absolute atomic E-state index is 12.0. The summed E-state index contributed by atoms with van der Waals surface area (Å²) in [6.45, 7) is 6.35. The second-order valence-electron chi connectivity index (χ2n) is 5.59. The lowest BCUT2D eigenvalue weighted by Crippen LogP contribution is -2.35. The zero-order valence-electron chi connectivity index (χ0n) is 11.9. The molecule has 106 valence electrons. The molecule has 1 aromatic rings. The molecular weight excluding hydrogens is 240 g/mol. The van der Waals surface area contributed by atoms with Gasteiger partial charge in [-0.1, -0.05) is 6.92 Å². The van der Waals surface area contributed by atoms with Crippen molar-refractivity contribution in [3.8, 4) is 0 Å². The lowest BCUT2D eigenvalue weighted by Gasteiger charge is -2.20. The summed E-state index contributed by atoms with van der Waals surface area (Å²) < 4.78 is 1.76. The molecule has 1 amide bonds. The van der Waals surface area contributed by atoms with Crippen LogP contribution in [0.4, 0.5) is 5.69 Å². The van der Waals surface area contributed by atoms with Crippen molar-refractivity contribution in [1.82, 2.24) is 14.8 Å². The first-order valence-corrected chi connectivity index (χ1v) is 6.98. The van der Waals surface area contributed by atoms with Gasteiger partial charge in [-0.25, -0.2) is 0 Å². The van der Waals surface area contributed by atoms with Crippen LogP contribution in [0.1, 0.15) is 30.3 Å². The van der Waals surface area contributed by atoms with Crippen LogP contribution in [-0.4, -0.2) is 41.6 Å². The molecule has 0 spiro atoms. The average molecular weight is 264 g/mol. The monoisotopic (exact) mass is 264 g/mol. The van der Waals surface area contributed by atoms with Gasteiger partial charge in [-0.05, 0) is 37.9 Å². The van der Waals surface area contributed by atoms with Crippen LogP contribution >= 0.6 is 0 Å². The summed E-state index contributed by atoms with van der Waals surface area (Å²) >= 11 is 0. The number of aromatic nitrogens is 1. The van der Waals surface area contributed by atoms with E-state index in [0.29, 0.717) is 23.8 Å². The molecule has 0 saturated carbocycles. The Morgan fingerprint density at radius 1 is 1.47 bits per heavy atom. The van der Waals surface area contributed by atoms with E-state index in [-0.39, 0.29) is 5.91 Å². The van der Waals surface area contributed by atoms with Crippen molar-refractivity contribution in [2.75, 3.05) is 31.9 Å². The van der Waals surface area contributed by atoms with Gasteiger partial charge in [-0.3, -0.25) is 4.79 Å². The van der Waals surface area contributed by atoms with Crippen LogP contribution in [0, 0.1) is 5.92 Å². The fraction of sp³-hybridized carbons (Fsp3) is 0.643. The Bertz CT molecular complexity index is 435. The average Bonchev–Trinajstić information content (AvgIpc) is 2.96. The van der Waals surface area contributed by atoms with Crippen LogP contribution in [0.2, 0.25) is 0 Å². The summed E-state index contributed by atoms with van der Waals surface area (Å²) in [5.74, 6) is 0.423. The number of aryl methyl sites for hydroxylation is 1. The molecule has 1 aromatic heterocycles. The molecule has 3 N–H and O–H groups in total. The van der Waals surface area contributed by atoms with Gasteiger partial charge in [-0.2, -0.15) is 0 Å². The molecule has 1 aliphatic heterocycles. The van der Waals surface area contributed by atoms with Crippen molar-refractivity contribution in [2.24, 2.45) is 13.0 Å². The zero-order chi connectivity index (χ0) is 13.8. The van der Waals surface area contributed by atoms with E-state index in [1.54, 1.807) is 16.8 Å². The summed E-state index contributed by atoms with van der Waals surface area (Å²) in [6.07, 6.45) is 4.37. The molecule has 1 aliphatic rings. The van der Waals surface area contributed by atoms with Gasteiger partial charge in [0.2, 0.25) is 0 Å². The normalized spacial score (nSPS) is 17.6. The van der Waals surface area contributed by atoms with E-state index in [2.05, 4.69) is 17.1 Å². The summed E-state index contributed by atoms with van der Waals surface area (Å²) in [5, 5.41) is 2.98. The number of carbonyl (C=O) groups is 1. The van der Waals surface area contributed by atoms with Gasteiger partial charge in [0.1, 0.15) is 5.69 Å². The van der Waals surface area contributed by atoms with Crippen molar-refractivity contribution in [2.45, 2.75) is 19.8 Å². The Kier molecular flexibility index (Phi) is 4.47. The number of carbonyl (C=O) groups excluding carboxylic acids is 1. The Morgan fingerprint density at radius 3 is 2.74 bits per heavy atom. The molecular formula is C14H24N4O. The molecule has 0 bridgehead atoms. The van der Waals surface area contributed by atoms with E-state index < -0.39 is 0 Å². The largest absolute Gasteiger partial charge is 0.397 e. The van der Waals surface area contributed by atoms with E-state index in [9.17, 15) is 4.79 Å². The Morgan fingerprint density at radius 2 is 2.16 bits per heavy atom. The van der Waals surface area contributed by atoms with Crippen LogP contribution in [0.5, 0.6) is 0 Å². The number of nitrogen functional groups attached to an aromatic ring is 1. The highest BCUT2D eigenvalue weighted by molar-refractivity contribution is 5.93. The summed E-state index contributed by atoms with van der Waals surface area (Å²) in [7, 11) is 1.83. The predicted octanol–water partition coefficient (Wildman–Crippen LogP) is 1.07. The first kappa shape index (κ1) is 13.9. The fourth-order valence-corrected chi connectivity index (χ4v) is 2.64. The number of anilines is 1. The summed E-state index contributed by atoms with van der Waals surface area (Å²) in [5.41, 5.74) is 6.91. The Labute approximate surface area is 114 Å². The number of likely N-dealkylation sites (tertiary alicyclic amines) is 1. The quantitative estimate of drug-likeness (QED) is 0.836. The van der Waals surface area contributed by atoms with E-state index in [4.69, 9.17) is 5.73 Å². The zero-order valence-corrected chi connectivity index (χ0v) is 11.9. The predicted molar refractivity (Wildman–Crippen MR) is 77.0 cm³/mol. The van der Waals surface area contributed by atoms with Crippen LogP contribution < -0.4 is 11.1 Å². The smallest absolute Gasteiger partial charge is 0.267 e. The van der Waals surface area contributed by atoms with Crippen molar-refractivity contribution < 1.29 is 4.79 Å². The number of nitrogens with zero attached hydrogens (tertiary/aromatic N) is 2. The van der Waals surface area contributed by atoms with Gasteiger partial charge in [0.15, 0.2) is 0 Å². The van der Waals surface area contributed by atoms with Crippen molar-refractivity contribution in [1.29, 1.82) is 0 Å². The van der Waals surface area contributed by atoms with Crippen molar-refractivity contribution >= 4 is 11.6 Å². The van der Waals surface area contributed by atoms with E-state index >= 15 is 0 Å². The van der Waals surface area contributed by atoms with Gasteiger partial charge < -0.3 is 20.5 Å². The molecule has 2 rings (SSSR count). The third-order valence-corrected chi connectivity index (χ3v) is 3.64.